The first-order valence-corrected chi connectivity index (χ1v) is 9.83. The quantitative estimate of drug-likeness (QED) is 0.716. The van der Waals surface area contributed by atoms with Crippen LogP contribution in [0.5, 0.6) is 0 Å². The highest BCUT2D eigenvalue weighted by atomic mass is 32.2. The summed E-state index contributed by atoms with van der Waals surface area (Å²) in [6.07, 6.45) is -2.03. The number of sulfone groups is 1. The highest BCUT2D eigenvalue weighted by Gasteiger charge is 2.30. The molecule has 0 spiro atoms. The second-order valence-corrected chi connectivity index (χ2v) is 8.18. The molecule has 0 fully saturated rings. The fourth-order valence-corrected chi connectivity index (χ4v) is 3.30. The largest absolute Gasteiger partial charge is 0.416 e. The van der Waals surface area contributed by atoms with Crippen LogP contribution in [0.25, 0.3) is 10.9 Å². The van der Waals surface area contributed by atoms with E-state index < -0.39 is 27.6 Å². The molecular weight excluding hydrogens is 379 g/mol. The number of fused-ring (bicyclic) bond motifs is 1. The van der Waals surface area contributed by atoms with Crippen LogP contribution in [-0.4, -0.2) is 24.6 Å². The molecule has 1 unspecified atom stereocenters. The monoisotopic (exact) mass is 395 g/mol. The van der Waals surface area contributed by atoms with Gasteiger partial charge in [0, 0.05) is 17.7 Å². The summed E-state index contributed by atoms with van der Waals surface area (Å²) in [5.41, 5.74) is 0.215. The molecule has 1 atom stereocenters. The number of hydrogen-bond acceptors (Lipinski definition) is 5. The Bertz CT molecular complexity index is 1100. The van der Waals surface area contributed by atoms with Crippen molar-refractivity contribution in [3.8, 4) is 0 Å². The van der Waals surface area contributed by atoms with Crippen molar-refractivity contribution < 1.29 is 21.6 Å². The molecule has 27 heavy (non-hydrogen) atoms. The molecule has 0 amide bonds. The Labute approximate surface area is 154 Å². The molecule has 1 N–H and O–H groups in total. The van der Waals surface area contributed by atoms with Gasteiger partial charge in [0.25, 0.3) is 0 Å². The Balaban J connectivity index is 1.99. The molecule has 1 aromatic heterocycles. The van der Waals surface area contributed by atoms with Crippen LogP contribution >= 0.6 is 0 Å². The summed E-state index contributed by atoms with van der Waals surface area (Å²) in [5.74, 6) is 0.343. The average Bonchev–Trinajstić information content (AvgIpc) is 2.60. The Hall–Kier alpha value is -2.68. The van der Waals surface area contributed by atoms with Crippen LogP contribution in [0.15, 0.2) is 53.7 Å². The van der Waals surface area contributed by atoms with Gasteiger partial charge in [-0.05, 0) is 42.8 Å². The lowest BCUT2D eigenvalue weighted by Gasteiger charge is -2.18. The molecule has 2 aromatic carbocycles. The van der Waals surface area contributed by atoms with Crippen LogP contribution in [0, 0.1) is 0 Å². The number of benzene rings is 2. The molecule has 0 saturated heterocycles. The van der Waals surface area contributed by atoms with Gasteiger partial charge in [-0.25, -0.2) is 18.4 Å². The molecule has 3 rings (SSSR count). The molecule has 0 aliphatic rings. The molecule has 0 aliphatic heterocycles. The first-order chi connectivity index (χ1) is 12.6. The smallest absolute Gasteiger partial charge is 0.363 e. The van der Waals surface area contributed by atoms with Gasteiger partial charge in [-0.1, -0.05) is 12.1 Å². The van der Waals surface area contributed by atoms with Gasteiger partial charge >= 0.3 is 6.18 Å². The number of rotatable bonds is 4. The lowest BCUT2D eigenvalue weighted by molar-refractivity contribution is -0.137. The third-order valence-corrected chi connectivity index (χ3v) is 5.21. The fourth-order valence-electron chi connectivity index (χ4n) is 2.65. The van der Waals surface area contributed by atoms with Crippen LogP contribution in [0.4, 0.5) is 19.0 Å². The number of nitrogens with one attached hydrogen (secondary N) is 1. The zero-order valence-electron chi connectivity index (χ0n) is 14.4. The lowest BCUT2D eigenvalue weighted by Crippen LogP contribution is -2.11. The fraction of sp³-hybridized carbons (Fsp3) is 0.222. The van der Waals surface area contributed by atoms with Crippen molar-refractivity contribution in [2.45, 2.75) is 24.0 Å². The summed E-state index contributed by atoms with van der Waals surface area (Å²) >= 11 is 0. The van der Waals surface area contributed by atoms with Gasteiger partial charge in [-0.2, -0.15) is 13.2 Å². The van der Waals surface area contributed by atoms with Crippen LogP contribution in [0.2, 0.25) is 0 Å². The molecule has 142 valence electrons. The maximum absolute atomic E-state index is 12.9. The van der Waals surface area contributed by atoms with Crippen LogP contribution in [0.3, 0.4) is 0 Å². The van der Waals surface area contributed by atoms with Gasteiger partial charge in [0.15, 0.2) is 9.84 Å². The van der Waals surface area contributed by atoms with Crippen molar-refractivity contribution in [3.05, 3.63) is 59.9 Å². The number of halogens is 3. The van der Waals surface area contributed by atoms with Crippen LogP contribution < -0.4 is 5.32 Å². The van der Waals surface area contributed by atoms with Crippen molar-refractivity contribution in [2.75, 3.05) is 11.6 Å². The van der Waals surface area contributed by atoms with Crippen LogP contribution in [0.1, 0.15) is 24.1 Å². The van der Waals surface area contributed by atoms with Crippen molar-refractivity contribution >= 4 is 26.6 Å². The lowest BCUT2D eigenvalue weighted by atomic mass is 10.0. The Morgan fingerprint density at radius 2 is 1.81 bits per heavy atom. The van der Waals surface area contributed by atoms with E-state index in [1.165, 1.54) is 24.5 Å². The highest BCUT2D eigenvalue weighted by molar-refractivity contribution is 7.90. The van der Waals surface area contributed by atoms with Crippen LogP contribution in [-0.2, 0) is 16.0 Å². The predicted octanol–water partition coefficient (Wildman–Crippen LogP) is 4.23. The Kier molecular flexibility index (Phi) is 4.81. The summed E-state index contributed by atoms with van der Waals surface area (Å²) in [5, 5.41) is 3.52. The van der Waals surface area contributed by atoms with E-state index in [1.54, 1.807) is 19.1 Å². The Morgan fingerprint density at radius 3 is 2.48 bits per heavy atom. The molecular formula is C18H16F3N3O2S. The van der Waals surface area contributed by atoms with E-state index in [9.17, 15) is 21.6 Å². The predicted molar refractivity (Wildman–Crippen MR) is 96.1 cm³/mol. The molecule has 9 heteroatoms. The van der Waals surface area contributed by atoms with E-state index >= 15 is 0 Å². The standard InChI is InChI=1S/C18H16F3N3O2S/c1-11(12-4-3-5-13(8-12)18(19,20)21)24-17-15-9-14(27(2,25)26)6-7-16(15)22-10-23-17/h3-11H,1-2H3,(H,22,23,24). The highest BCUT2D eigenvalue weighted by Crippen LogP contribution is 2.32. The summed E-state index contributed by atoms with van der Waals surface area (Å²) in [4.78, 5) is 8.33. The molecule has 0 saturated carbocycles. The topological polar surface area (TPSA) is 72.0 Å². The number of nitrogens with zero attached hydrogens (tertiary/aromatic N) is 2. The van der Waals surface area contributed by atoms with E-state index in [2.05, 4.69) is 15.3 Å². The number of alkyl halides is 3. The normalized spacial score (nSPS) is 13.5. The minimum atomic E-state index is -4.43. The molecule has 0 radical (unpaired) electrons. The van der Waals surface area contributed by atoms with E-state index in [0.717, 1.165) is 18.4 Å². The number of aromatic nitrogens is 2. The van der Waals surface area contributed by atoms with Crippen molar-refractivity contribution in [3.63, 3.8) is 0 Å². The molecule has 1 heterocycles. The van der Waals surface area contributed by atoms with Gasteiger partial charge in [0.2, 0.25) is 0 Å². The second-order valence-electron chi connectivity index (χ2n) is 6.16. The first kappa shape index (κ1) is 19.1. The van der Waals surface area contributed by atoms with E-state index in [4.69, 9.17) is 0 Å². The average molecular weight is 395 g/mol. The zero-order valence-corrected chi connectivity index (χ0v) is 15.3. The Morgan fingerprint density at radius 1 is 1.07 bits per heavy atom. The van der Waals surface area contributed by atoms with E-state index in [1.807, 2.05) is 0 Å². The first-order valence-electron chi connectivity index (χ1n) is 7.94. The minimum Gasteiger partial charge on any atom is -0.363 e. The molecule has 5 nitrogen and oxygen atoms in total. The van der Waals surface area contributed by atoms with Gasteiger partial charge in [-0.3, -0.25) is 0 Å². The summed E-state index contributed by atoms with van der Waals surface area (Å²) < 4.78 is 62.4. The van der Waals surface area contributed by atoms with Gasteiger partial charge in [0.1, 0.15) is 12.1 Å². The third-order valence-electron chi connectivity index (χ3n) is 4.10. The van der Waals surface area contributed by atoms with Gasteiger partial charge < -0.3 is 5.32 Å². The second kappa shape index (κ2) is 6.80. The van der Waals surface area contributed by atoms with E-state index in [0.29, 0.717) is 22.3 Å². The maximum Gasteiger partial charge on any atom is 0.416 e. The van der Waals surface area contributed by atoms with Gasteiger partial charge in [0.05, 0.1) is 16.0 Å². The van der Waals surface area contributed by atoms with Crippen molar-refractivity contribution in [1.82, 2.24) is 9.97 Å². The maximum atomic E-state index is 12.9. The SMILES string of the molecule is CC(Nc1ncnc2ccc(S(C)(=O)=O)cc12)c1cccc(C(F)(F)F)c1. The summed E-state index contributed by atoms with van der Waals surface area (Å²) in [6, 6.07) is 8.98. The van der Waals surface area contributed by atoms with Gasteiger partial charge in [-0.15, -0.1) is 0 Å². The minimum absolute atomic E-state index is 0.111. The molecule has 3 aromatic rings. The molecule has 0 bridgehead atoms. The third kappa shape index (κ3) is 4.19. The summed E-state index contributed by atoms with van der Waals surface area (Å²) in [7, 11) is -3.42. The van der Waals surface area contributed by atoms with Crippen molar-refractivity contribution in [1.29, 1.82) is 0 Å². The van der Waals surface area contributed by atoms with E-state index in [-0.39, 0.29) is 4.90 Å². The zero-order chi connectivity index (χ0) is 19.8. The number of anilines is 1. The molecule has 0 aliphatic carbocycles. The number of hydrogen-bond donors (Lipinski definition) is 1. The summed E-state index contributed by atoms with van der Waals surface area (Å²) in [6.45, 7) is 1.70. The van der Waals surface area contributed by atoms with Crippen molar-refractivity contribution in [2.24, 2.45) is 0 Å².